The van der Waals surface area contributed by atoms with Crippen LogP contribution in [0.5, 0.6) is 0 Å². The molecule has 4 rings (SSSR count). The van der Waals surface area contributed by atoms with Crippen LogP contribution < -0.4 is 11.1 Å². The quantitative estimate of drug-likeness (QED) is 0.499. The molecule has 0 fully saturated rings. The number of hydrogen-bond acceptors (Lipinski definition) is 2. The summed E-state index contributed by atoms with van der Waals surface area (Å²) in [4.78, 5) is 24.7. The zero-order valence-electron chi connectivity index (χ0n) is 16.0. The highest BCUT2D eigenvalue weighted by Crippen LogP contribution is 2.29. The van der Waals surface area contributed by atoms with Gasteiger partial charge in [-0.25, -0.2) is 0 Å². The Kier molecular flexibility index (Phi) is 5.25. The molecule has 0 aliphatic rings. The van der Waals surface area contributed by atoms with Crippen molar-refractivity contribution < 1.29 is 9.59 Å². The molecule has 0 radical (unpaired) electrons. The predicted octanol–water partition coefficient (Wildman–Crippen LogP) is 3.75. The van der Waals surface area contributed by atoms with Crippen molar-refractivity contribution >= 4 is 33.4 Å². The van der Waals surface area contributed by atoms with E-state index in [9.17, 15) is 9.59 Å². The smallest absolute Gasteiger partial charge is 0.240 e. The second-order valence-electron chi connectivity index (χ2n) is 7.19. The van der Waals surface area contributed by atoms with E-state index in [1.807, 2.05) is 66.7 Å². The summed E-state index contributed by atoms with van der Waals surface area (Å²) in [6.45, 7) is 0. The van der Waals surface area contributed by atoms with E-state index < -0.39 is 11.9 Å². The number of nitrogens with two attached hydrogens (primary N) is 1. The van der Waals surface area contributed by atoms with Crippen LogP contribution in [0.4, 0.5) is 0 Å². The Morgan fingerprint density at radius 1 is 0.793 bits per heavy atom. The van der Waals surface area contributed by atoms with Gasteiger partial charge in [0.25, 0.3) is 0 Å². The van der Waals surface area contributed by atoms with Crippen molar-refractivity contribution in [2.75, 3.05) is 0 Å². The number of amides is 2. The molecule has 3 N–H and O–H groups in total. The molecule has 0 saturated heterocycles. The predicted molar refractivity (Wildman–Crippen MR) is 116 cm³/mol. The van der Waals surface area contributed by atoms with Gasteiger partial charge in [0.1, 0.15) is 6.04 Å². The van der Waals surface area contributed by atoms with Crippen molar-refractivity contribution in [3.05, 3.63) is 96.1 Å². The van der Waals surface area contributed by atoms with E-state index in [0.29, 0.717) is 6.42 Å². The second-order valence-corrected chi connectivity index (χ2v) is 7.19. The van der Waals surface area contributed by atoms with Crippen LogP contribution in [-0.4, -0.2) is 17.9 Å². The number of nitrogens with one attached hydrogen (secondary N) is 1. The number of fused-ring (bicyclic) bond motifs is 2. The van der Waals surface area contributed by atoms with E-state index in [0.717, 1.165) is 32.7 Å². The van der Waals surface area contributed by atoms with Crippen molar-refractivity contribution in [1.82, 2.24) is 5.32 Å². The van der Waals surface area contributed by atoms with Gasteiger partial charge in [-0.1, -0.05) is 78.9 Å². The lowest BCUT2D eigenvalue weighted by atomic mass is 9.92. The molecular formula is C25H22N2O2. The molecule has 1 atom stereocenters. The molecule has 144 valence electrons. The van der Waals surface area contributed by atoms with Gasteiger partial charge >= 0.3 is 0 Å². The number of benzene rings is 4. The minimum absolute atomic E-state index is 0.209. The minimum Gasteiger partial charge on any atom is -0.368 e. The third-order valence-corrected chi connectivity index (χ3v) is 5.18. The molecule has 0 bridgehead atoms. The molecule has 4 aromatic carbocycles. The monoisotopic (exact) mass is 382 g/mol. The molecule has 29 heavy (non-hydrogen) atoms. The Morgan fingerprint density at radius 2 is 1.34 bits per heavy atom. The molecule has 0 unspecified atom stereocenters. The zero-order chi connectivity index (χ0) is 20.2. The summed E-state index contributed by atoms with van der Waals surface area (Å²) in [6, 6.07) is 26.9. The third-order valence-electron chi connectivity index (χ3n) is 5.18. The second kappa shape index (κ2) is 8.15. The first-order chi connectivity index (χ1) is 14.1. The van der Waals surface area contributed by atoms with Crippen LogP contribution in [-0.2, 0) is 22.4 Å². The molecule has 4 aromatic rings. The summed E-state index contributed by atoms with van der Waals surface area (Å²) in [5, 5.41) is 7.15. The Morgan fingerprint density at radius 3 is 1.93 bits per heavy atom. The van der Waals surface area contributed by atoms with E-state index in [1.54, 1.807) is 0 Å². The van der Waals surface area contributed by atoms with Crippen LogP contribution in [0.15, 0.2) is 84.9 Å². The Hall–Kier alpha value is -3.66. The largest absolute Gasteiger partial charge is 0.368 e. The topological polar surface area (TPSA) is 72.2 Å². The number of rotatable bonds is 6. The van der Waals surface area contributed by atoms with E-state index in [2.05, 4.69) is 23.5 Å². The van der Waals surface area contributed by atoms with Crippen LogP contribution >= 0.6 is 0 Å². The third kappa shape index (κ3) is 4.11. The standard InChI is InChI=1S/C25H22N2O2/c26-25(29)23(27-24(28)14-17-8-2-1-3-9-17)16-22-20-12-6-4-10-18(20)15-19-11-5-7-13-21(19)22/h1-13,15,23H,14,16H2,(H2,26,29)(H,27,28)/t23-/m0/s1. The minimum atomic E-state index is -0.777. The zero-order valence-corrected chi connectivity index (χ0v) is 16.0. The van der Waals surface area contributed by atoms with Crippen molar-refractivity contribution in [2.45, 2.75) is 18.9 Å². The first kappa shape index (κ1) is 18.7. The highest BCUT2D eigenvalue weighted by atomic mass is 16.2. The Balaban J connectivity index is 1.67. The highest BCUT2D eigenvalue weighted by Gasteiger charge is 2.21. The molecule has 0 spiro atoms. The number of primary amides is 1. The Labute approximate surface area is 169 Å². The summed E-state index contributed by atoms with van der Waals surface area (Å²) in [7, 11) is 0. The fourth-order valence-electron chi connectivity index (χ4n) is 3.78. The molecule has 0 aromatic heterocycles. The number of carbonyl (C=O) groups is 2. The average Bonchev–Trinajstić information content (AvgIpc) is 2.73. The molecule has 2 amide bonds. The first-order valence-electron chi connectivity index (χ1n) is 9.64. The van der Waals surface area contributed by atoms with Gasteiger partial charge < -0.3 is 11.1 Å². The SMILES string of the molecule is NC(=O)[C@H](Cc1c2ccccc2cc2ccccc12)NC(=O)Cc1ccccc1. The van der Waals surface area contributed by atoms with Crippen molar-refractivity contribution in [2.24, 2.45) is 5.73 Å². The van der Waals surface area contributed by atoms with Gasteiger partial charge in [-0.05, 0) is 38.7 Å². The van der Waals surface area contributed by atoms with Gasteiger partial charge in [-0.2, -0.15) is 0 Å². The van der Waals surface area contributed by atoms with Crippen molar-refractivity contribution in [3.63, 3.8) is 0 Å². The van der Waals surface area contributed by atoms with Crippen LogP contribution in [0.25, 0.3) is 21.5 Å². The van der Waals surface area contributed by atoms with Gasteiger partial charge in [0.2, 0.25) is 11.8 Å². The van der Waals surface area contributed by atoms with E-state index in [-0.39, 0.29) is 12.3 Å². The van der Waals surface area contributed by atoms with Gasteiger partial charge in [-0.15, -0.1) is 0 Å². The van der Waals surface area contributed by atoms with Crippen LogP contribution in [0, 0.1) is 0 Å². The van der Waals surface area contributed by atoms with Crippen molar-refractivity contribution in [3.8, 4) is 0 Å². The number of carbonyl (C=O) groups excluding carboxylic acids is 2. The molecule has 4 nitrogen and oxygen atoms in total. The molecular weight excluding hydrogens is 360 g/mol. The summed E-state index contributed by atoms with van der Waals surface area (Å²) in [5.74, 6) is -0.757. The van der Waals surface area contributed by atoms with E-state index >= 15 is 0 Å². The summed E-state index contributed by atoms with van der Waals surface area (Å²) >= 11 is 0. The average molecular weight is 382 g/mol. The van der Waals surface area contributed by atoms with Gasteiger partial charge in [0.05, 0.1) is 6.42 Å². The first-order valence-corrected chi connectivity index (χ1v) is 9.64. The summed E-state index contributed by atoms with van der Waals surface area (Å²) in [6.07, 6.45) is 0.554. The van der Waals surface area contributed by atoms with Gasteiger partial charge in [0, 0.05) is 6.42 Å². The maximum atomic E-state index is 12.5. The molecule has 0 aliphatic carbocycles. The highest BCUT2D eigenvalue weighted by molar-refractivity contribution is 6.03. The summed E-state index contributed by atoms with van der Waals surface area (Å²) < 4.78 is 0. The van der Waals surface area contributed by atoms with Crippen LogP contribution in [0.3, 0.4) is 0 Å². The van der Waals surface area contributed by atoms with Crippen molar-refractivity contribution in [1.29, 1.82) is 0 Å². The maximum absolute atomic E-state index is 12.5. The lowest BCUT2D eigenvalue weighted by molar-refractivity contribution is -0.126. The lowest BCUT2D eigenvalue weighted by Gasteiger charge is -2.19. The lowest BCUT2D eigenvalue weighted by Crippen LogP contribution is -2.46. The van der Waals surface area contributed by atoms with E-state index in [1.165, 1.54) is 0 Å². The molecule has 0 saturated carbocycles. The number of hydrogen-bond donors (Lipinski definition) is 2. The fourth-order valence-corrected chi connectivity index (χ4v) is 3.78. The normalized spacial score (nSPS) is 12.0. The van der Waals surface area contributed by atoms with Crippen LogP contribution in [0.1, 0.15) is 11.1 Å². The van der Waals surface area contributed by atoms with E-state index in [4.69, 9.17) is 5.73 Å². The molecule has 4 heteroatoms. The Bertz CT molecular complexity index is 1130. The molecule has 0 heterocycles. The maximum Gasteiger partial charge on any atom is 0.240 e. The van der Waals surface area contributed by atoms with Gasteiger partial charge in [-0.3, -0.25) is 9.59 Å². The van der Waals surface area contributed by atoms with Gasteiger partial charge in [0.15, 0.2) is 0 Å². The van der Waals surface area contributed by atoms with Crippen LogP contribution in [0.2, 0.25) is 0 Å². The molecule has 0 aliphatic heterocycles. The fraction of sp³-hybridized carbons (Fsp3) is 0.120. The summed E-state index contributed by atoms with van der Waals surface area (Å²) in [5.41, 5.74) is 7.57.